The predicted octanol–water partition coefficient (Wildman–Crippen LogP) is 6.12. The smallest absolute Gasteiger partial charge is 0.159 e. The lowest BCUT2D eigenvalue weighted by molar-refractivity contribution is 0.626. The second-order valence-electron chi connectivity index (χ2n) is 10.2. The minimum atomic E-state index is -0.350. The van der Waals surface area contributed by atoms with Gasteiger partial charge in [0.05, 0.1) is 22.7 Å². The topological polar surface area (TPSA) is 121 Å². The highest BCUT2D eigenvalue weighted by Gasteiger charge is 2.17. The number of nitrogens with zero attached hydrogens (tertiary/aromatic N) is 4. The molecule has 7 rings (SSSR count). The van der Waals surface area contributed by atoms with Crippen molar-refractivity contribution in [3.05, 3.63) is 120 Å². The molecule has 0 unspecified atom stereocenters. The average molecular weight is 555 g/mol. The summed E-state index contributed by atoms with van der Waals surface area (Å²) in [4.78, 5) is 17.1. The number of benzene rings is 3. The van der Waals surface area contributed by atoms with E-state index < -0.39 is 0 Å². The Hall–Kier alpha value is -5.25. The standard InChI is InChI=1S/C33H27FN8/c34-26-10-21(13-35)8-24(11-26)28-18-38-19-30-31(28)40-33(39-30)32-27-12-23(6-7-29(27)41-42-32)25-9-22(16-37-17-25)15-36-14-20-4-2-1-3-5-20/h1-12,16-19,36H,13-15,35H2,(H,39,40)(H,41,42). The number of hydrogen-bond acceptors (Lipinski definition) is 6. The summed E-state index contributed by atoms with van der Waals surface area (Å²) in [5.74, 6) is 0.243. The van der Waals surface area contributed by atoms with Crippen LogP contribution in [0.4, 0.5) is 4.39 Å². The van der Waals surface area contributed by atoms with E-state index in [-0.39, 0.29) is 12.4 Å². The number of nitrogens with two attached hydrogens (primary N) is 1. The van der Waals surface area contributed by atoms with Crippen molar-refractivity contribution >= 4 is 21.9 Å². The fraction of sp³-hybridized carbons (Fsp3) is 0.0909. The van der Waals surface area contributed by atoms with Crippen LogP contribution in [-0.4, -0.2) is 30.1 Å². The number of H-pyrrole nitrogens is 2. The summed E-state index contributed by atoms with van der Waals surface area (Å²) in [7, 11) is 0. The maximum atomic E-state index is 14.3. The molecular formula is C33H27FN8. The zero-order chi connectivity index (χ0) is 28.5. The van der Waals surface area contributed by atoms with Crippen molar-refractivity contribution in [1.29, 1.82) is 0 Å². The van der Waals surface area contributed by atoms with Crippen LogP contribution < -0.4 is 11.1 Å². The molecule has 42 heavy (non-hydrogen) atoms. The van der Waals surface area contributed by atoms with Crippen molar-refractivity contribution in [2.45, 2.75) is 19.6 Å². The van der Waals surface area contributed by atoms with Crippen LogP contribution >= 0.6 is 0 Å². The van der Waals surface area contributed by atoms with Crippen molar-refractivity contribution in [2.24, 2.45) is 5.73 Å². The molecule has 0 aliphatic carbocycles. The van der Waals surface area contributed by atoms with Gasteiger partial charge in [0, 0.05) is 54.7 Å². The number of fused-ring (bicyclic) bond motifs is 2. The van der Waals surface area contributed by atoms with E-state index in [1.165, 1.54) is 17.7 Å². The van der Waals surface area contributed by atoms with Crippen LogP contribution in [0.15, 0.2) is 97.6 Å². The molecule has 0 saturated carbocycles. The van der Waals surface area contributed by atoms with Gasteiger partial charge in [0.25, 0.3) is 0 Å². The molecule has 0 radical (unpaired) electrons. The van der Waals surface area contributed by atoms with Crippen LogP contribution in [0.25, 0.3) is 55.7 Å². The van der Waals surface area contributed by atoms with Crippen molar-refractivity contribution in [3.8, 4) is 33.8 Å². The molecule has 4 aromatic heterocycles. The number of halogens is 1. The molecule has 4 heterocycles. The Balaban J connectivity index is 1.21. The van der Waals surface area contributed by atoms with Crippen molar-refractivity contribution < 1.29 is 4.39 Å². The molecule has 7 aromatic rings. The van der Waals surface area contributed by atoms with Gasteiger partial charge in [-0.15, -0.1) is 0 Å². The highest BCUT2D eigenvalue weighted by atomic mass is 19.1. The second kappa shape index (κ2) is 11.0. The normalized spacial score (nSPS) is 11.5. The third kappa shape index (κ3) is 5.03. The van der Waals surface area contributed by atoms with E-state index in [9.17, 15) is 4.39 Å². The minimum absolute atomic E-state index is 0.240. The van der Waals surface area contributed by atoms with Gasteiger partial charge in [0.2, 0.25) is 0 Å². The molecule has 0 aliphatic heterocycles. The van der Waals surface area contributed by atoms with Crippen LogP contribution in [0, 0.1) is 5.82 Å². The van der Waals surface area contributed by atoms with Gasteiger partial charge in [-0.1, -0.05) is 36.4 Å². The molecule has 9 heteroatoms. The number of nitrogens with one attached hydrogen (secondary N) is 3. The predicted molar refractivity (Wildman–Crippen MR) is 162 cm³/mol. The van der Waals surface area contributed by atoms with E-state index in [0.717, 1.165) is 39.7 Å². The summed E-state index contributed by atoms with van der Waals surface area (Å²) in [6, 6.07) is 23.4. The quantitative estimate of drug-likeness (QED) is 0.180. The molecule has 0 spiro atoms. The first kappa shape index (κ1) is 25.7. The fourth-order valence-electron chi connectivity index (χ4n) is 5.24. The van der Waals surface area contributed by atoms with E-state index in [2.05, 4.69) is 60.8 Å². The highest BCUT2D eigenvalue weighted by Crippen LogP contribution is 2.33. The maximum absolute atomic E-state index is 14.3. The third-order valence-corrected chi connectivity index (χ3v) is 7.31. The maximum Gasteiger partial charge on any atom is 0.159 e. The third-order valence-electron chi connectivity index (χ3n) is 7.31. The molecule has 0 amide bonds. The lowest BCUT2D eigenvalue weighted by Gasteiger charge is -2.07. The second-order valence-corrected chi connectivity index (χ2v) is 10.2. The number of rotatable bonds is 8. The molecule has 0 atom stereocenters. The summed E-state index contributed by atoms with van der Waals surface area (Å²) in [6.45, 7) is 1.74. The Morgan fingerprint density at radius 3 is 2.45 bits per heavy atom. The van der Waals surface area contributed by atoms with E-state index in [4.69, 9.17) is 10.7 Å². The van der Waals surface area contributed by atoms with Gasteiger partial charge in [0.1, 0.15) is 11.5 Å². The van der Waals surface area contributed by atoms with E-state index in [1.54, 1.807) is 12.4 Å². The van der Waals surface area contributed by atoms with E-state index >= 15 is 0 Å². The Kier molecular flexibility index (Phi) is 6.71. The van der Waals surface area contributed by atoms with Gasteiger partial charge in [0.15, 0.2) is 5.82 Å². The van der Waals surface area contributed by atoms with Crippen LogP contribution in [0.2, 0.25) is 0 Å². The molecule has 0 fully saturated rings. The van der Waals surface area contributed by atoms with Crippen molar-refractivity contribution in [3.63, 3.8) is 0 Å². The summed E-state index contributed by atoms with van der Waals surface area (Å²) >= 11 is 0. The van der Waals surface area contributed by atoms with Crippen LogP contribution in [0.1, 0.15) is 16.7 Å². The first-order valence-electron chi connectivity index (χ1n) is 13.7. The average Bonchev–Trinajstić information content (AvgIpc) is 3.65. The molecule has 0 saturated heterocycles. The summed E-state index contributed by atoms with van der Waals surface area (Å²) in [5, 5.41) is 12.1. The molecule has 3 aromatic carbocycles. The summed E-state index contributed by atoms with van der Waals surface area (Å²) < 4.78 is 14.3. The Bertz CT molecular complexity index is 2030. The van der Waals surface area contributed by atoms with Crippen LogP contribution in [0.3, 0.4) is 0 Å². The van der Waals surface area contributed by atoms with Crippen LogP contribution in [0.5, 0.6) is 0 Å². The Morgan fingerprint density at radius 1 is 0.738 bits per heavy atom. The number of hydrogen-bond donors (Lipinski definition) is 4. The monoisotopic (exact) mass is 554 g/mol. The van der Waals surface area contributed by atoms with Gasteiger partial charge in [-0.25, -0.2) is 9.37 Å². The van der Waals surface area contributed by atoms with Gasteiger partial charge in [-0.2, -0.15) is 5.10 Å². The summed E-state index contributed by atoms with van der Waals surface area (Å²) in [6.07, 6.45) is 7.16. The Morgan fingerprint density at radius 2 is 1.57 bits per heavy atom. The summed E-state index contributed by atoms with van der Waals surface area (Å²) in [5.41, 5.74) is 15.2. The largest absolute Gasteiger partial charge is 0.335 e. The van der Waals surface area contributed by atoms with Gasteiger partial charge < -0.3 is 16.0 Å². The molecule has 0 bridgehead atoms. The lowest BCUT2D eigenvalue weighted by atomic mass is 10.0. The Labute approximate surface area is 240 Å². The van der Waals surface area contributed by atoms with E-state index in [0.29, 0.717) is 40.3 Å². The zero-order valence-corrected chi connectivity index (χ0v) is 22.6. The zero-order valence-electron chi connectivity index (χ0n) is 22.6. The molecule has 0 aliphatic rings. The minimum Gasteiger partial charge on any atom is -0.335 e. The number of aromatic amines is 2. The first-order valence-corrected chi connectivity index (χ1v) is 13.7. The van der Waals surface area contributed by atoms with Gasteiger partial charge in [-0.05, 0) is 64.2 Å². The van der Waals surface area contributed by atoms with Gasteiger partial charge in [-0.3, -0.25) is 15.1 Å². The highest BCUT2D eigenvalue weighted by molar-refractivity contribution is 5.98. The fourth-order valence-corrected chi connectivity index (χ4v) is 5.24. The van der Waals surface area contributed by atoms with Crippen LogP contribution in [-0.2, 0) is 19.6 Å². The molecular weight excluding hydrogens is 527 g/mol. The van der Waals surface area contributed by atoms with Crippen molar-refractivity contribution in [1.82, 2.24) is 35.5 Å². The van der Waals surface area contributed by atoms with E-state index in [1.807, 2.05) is 42.7 Å². The SMILES string of the molecule is NCc1cc(F)cc(-c2cncc3[nH]c(-c4n[nH]c5ccc(-c6cncc(CNCc7ccccc7)c6)cc45)nc23)c1. The first-order chi connectivity index (χ1) is 20.6. The molecule has 5 N–H and O–H groups in total. The van der Waals surface area contributed by atoms with Crippen molar-refractivity contribution in [2.75, 3.05) is 0 Å². The number of aromatic nitrogens is 6. The van der Waals surface area contributed by atoms with Gasteiger partial charge >= 0.3 is 0 Å². The molecule has 206 valence electrons. The molecule has 8 nitrogen and oxygen atoms in total. The lowest BCUT2D eigenvalue weighted by Crippen LogP contribution is -2.12. The number of pyridine rings is 2. The number of imidazole rings is 1.